The van der Waals surface area contributed by atoms with Crippen LogP contribution in [0.3, 0.4) is 0 Å². The van der Waals surface area contributed by atoms with Gasteiger partial charge in [-0.15, -0.1) is 42.6 Å². The topological polar surface area (TPSA) is 40.7 Å². The number of halogens is 6. The summed E-state index contributed by atoms with van der Waals surface area (Å²) >= 11 is 0. The van der Waals surface area contributed by atoms with Crippen molar-refractivity contribution in [3.8, 4) is 22.6 Å². The van der Waals surface area contributed by atoms with Crippen LogP contribution in [0.15, 0.2) is 91.6 Å². The van der Waals surface area contributed by atoms with E-state index in [0.717, 1.165) is 36.4 Å². The molecule has 0 atom stereocenters. The zero-order chi connectivity index (χ0) is 28.6. The Morgan fingerprint density at radius 2 is 1.44 bits per heavy atom. The second-order valence-electron chi connectivity index (χ2n) is 7.98. The summed E-state index contributed by atoms with van der Waals surface area (Å²) in [6, 6.07) is 20.1. The summed E-state index contributed by atoms with van der Waals surface area (Å²) in [5.41, 5.74) is 1.21. The predicted molar refractivity (Wildman–Crippen MR) is 132 cm³/mol. The summed E-state index contributed by atoms with van der Waals surface area (Å²) in [5, 5.41) is 7.60. The van der Waals surface area contributed by atoms with Crippen molar-refractivity contribution >= 4 is 0 Å². The number of benzene rings is 3. The Morgan fingerprint density at radius 1 is 0.780 bits per heavy atom. The van der Waals surface area contributed by atoms with Crippen molar-refractivity contribution in [2.75, 3.05) is 0 Å². The van der Waals surface area contributed by atoms with Gasteiger partial charge in [0.05, 0.1) is 5.82 Å². The zero-order valence-corrected chi connectivity index (χ0v) is 23.4. The van der Waals surface area contributed by atoms with Crippen molar-refractivity contribution in [1.82, 2.24) is 19.4 Å². The van der Waals surface area contributed by atoms with Crippen LogP contribution in [0, 0.1) is 53.1 Å². The minimum Gasteiger partial charge on any atom is -0.414 e. The molecule has 6 aromatic rings. The van der Waals surface area contributed by atoms with E-state index >= 15 is 0 Å². The van der Waals surface area contributed by atoms with E-state index in [0.29, 0.717) is 11.3 Å². The first-order valence-corrected chi connectivity index (χ1v) is 11.4. The SMILES string of the molecule is Cn1cccc1-c1[c-]cc(F)cc1F.Fc1c[c-]c(-[n+]2ccc[n-]2)c(F)c1.Fc1c[c-]c(-n2cccn2)c(F)c1.[Ir]. The summed E-state index contributed by atoms with van der Waals surface area (Å²) < 4.78 is 81.4. The van der Waals surface area contributed by atoms with Gasteiger partial charge in [-0.2, -0.15) is 11.2 Å². The standard InChI is InChI=1S/C11H8F2N.2C9H5F2N2.Ir/c1-14-6-2-3-11(14)9-5-4-8(12)7-10(9)13;2*10-7-2-3-9(8(11)6-7)13-5-1-4-12-13;/h2-4,6-7H,1H3;2*1-2,4-6H;/q3*-1;. The number of aryl methyl sites for hydroxylation is 1. The molecular weight excluding hydrogens is 725 g/mol. The van der Waals surface area contributed by atoms with E-state index in [9.17, 15) is 26.3 Å². The zero-order valence-electron chi connectivity index (χ0n) is 21.0. The molecule has 0 unspecified atom stereocenters. The van der Waals surface area contributed by atoms with E-state index in [2.05, 4.69) is 28.4 Å². The van der Waals surface area contributed by atoms with E-state index in [1.165, 1.54) is 21.8 Å². The summed E-state index contributed by atoms with van der Waals surface area (Å²) in [5.74, 6) is -3.85. The number of hydrogen-bond donors (Lipinski definition) is 0. The fourth-order valence-corrected chi connectivity index (χ4v) is 3.39. The van der Waals surface area contributed by atoms with E-state index in [1.807, 2.05) is 0 Å². The van der Waals surface area contributed by atoms with Crippen molar-refractivity contribution in [1.29, 1.82) is 0 Å². The normalized spacial score (nSPS) is 10.1. The van der Waals surface area contributed by atoms with Gasteiger partial charge in [-0.1, -0.05) is 29.8 Å². The van der Waals surface area contributed by atoms with Crippen molar-refractivity contribution in [3.63, 3.8) is 0 Å². The molecule has 0 aliphatic rings. The molecule has 5 nitrogen and oxygen atoms in total. The van der Waals surface area contributed by atoms with Crippen LogP contribution in [0.4, 0.5) is 26.3 Å². The van der Waals surface area contributed by atoms with Gasteiger partial charge in [0.2, 0.25) is 0 Å². The maximum atomic E-state index is 13.3. The first-order chi connectivity index (χ1) is 19.2. The molecule has 0 spiro atoms. The van der Waals surface area contributed by atoms with Crippen molar-refractivity contribution in [3.05, 3.63) is 145 Å². The summed E-state index contributed by atoms with van der Waals surface area (Å²) in [4.78, 5) is 0. The molecule has 0 amide bonds. The second-order valence-corrected chi connectivity index (χ2v) is 7.98. The molecule has 3 aromatic heterocycles. The van der Waals surface area contributed by atoms with Crippen LogP contribution in [0.5, 0.6) is 0 Å². The quantitative estimate of drug-likeness (QED) is 0.132. The van der Waals surface area contributed by atoms with E-state index in [4.69, 9.17) is 0 Å². The number of aromatic nitrogens is 5. The first-order valence-electron chi connectivity index (χ1n) is 11.4. The Balaban J connectivity index is 0.000000167. The maximum Gasteiger partial charge on any atom is 0.161 e. The third kappa shape index (κ3) is 8.06. The Morgan fingerprint density at radius 3 is 1.98 bits per heavy atom. The van der Waals surface area contributed by atoms with E-state index in [1.54, 1.807) is 54.5 Å². The van der Waals surface area contributed by atoms with Crippen LogP contribution in [0.25, 0.3) is 22.6 Å². The van der Waals surface area contributed by atoms with Crippen LogP contribution in [-0.2, 0) is 27.2 Å². The average Bonchev–Trinajstić information content (AvgIpc) is 3.69. The second kappa shape index (κ2) is 14.3. The molecule has 0 saturated heterocycles. The maximum absolute atomic E-state index is 13.3. The van der Waals surface area contributed by atoms with Gasteiger partial charge in [0.1, 0.15) is 5.69 Å². The fraction of sp³-hybridized carbons (Fsp3) is 0.0345. The van der Waals surface area contributed by atoms with Crippen molar-refractivity contribution < 1.29 is 51.1 Å². The Labute approximate surface area is 244 Å². The van der Waals surface area contributed by atoms with Crippen molar-refractivity contribution in [2.45, 2.75) is 0 Å². The van der Waals surface area contributed by atoms with E-state index < -0.39 is 34.9 Å². The molecule has 0 bridgehead atoms. The minimum absolute atomic E-state index is 0. The average molecular weight is 743 g/mol. The Bertz CT molecular complexity index is 1600. The molecule has 1 radical (unpaired) electrons. The van der Waals surface area contributed by atoms with Gasteiger partial charge in [-0.25, -0.2) is 0 Å². The van der Waals surface area contributed by atoms with Gasteiger partial charge in [0, 0.05) is 68.6 Å². The summed E-state index contributed by atoms with van der Waals surface area (Å²) in [7, 11) is 1.80. The van der Waals surface area contributed by atoms with Crippen molar-refractivity contribution in [2.24, 2.45) is 7.05 Å². The monoisotopic (exact) mass is 743 g/mol. The molecule has 0 fully saturated rings. The molecule has 3 heterocycles. The van der Waals surface area contributed by atoms with Gasteiger partial charge in [0.15, 0.2) is 6.20 Å². The van der Waals surface area contributed by atoms with E-state index in [-0.39, 0.29) is 31.5 Å². The molecule has 3 aromatic carbocycles. The van der Waals surface area contributed by atoms with Crippen LogP contribution in [0.2, 0.25) is 0 Å². The van der Waals surface area contributed by atoms with Crippen LogP contribution >= 0.6 is 0 Å². The third-order valence-corrected chi connectivity index (χ3v) is 5.20. The van der Waals surface area contributed by atoms with Crippen LogP contribution in [-0.4, -0.2) is 14.3 Å². The Kier molecular flexibility index (Phi) is 10.8. The Hall–Kier alpha value is -4.41. The molecule has 41 heavy (non-hydrogen) atoms. The van der Waals surface area contributed by atoms with Crippen LogP contribution < -0.4 is 9.78 Å². The van der Waals surface area contributed by atoms with Gasteiger partial charge in [0.25, 0.3) is 0 Å². The molecule has 0 aliphatic carbocycles. The number of rotatable bonds is 3. The largest absolute Gasteiger partial charge is 0.414 e. The molecule has 6 rings (SSSR count). The molecular formula is C29H18F6IrN5-3. The predicted octanol–water partition coefficient (Wildman–Crippen LogP) is 5.72. The molecule has 213 valence electrons. The number of nitrogens with zero attached hydrogens (tertiary/aromatic N) is 5. The fourth-order valence-electron chi connectivity index (χ4n) is 3.39. The minimum atomic E-state index is -0.677. The van der Waals surface area contributed by atoms with Gasteiger partial charge in [-0.05, 0) is 29.7 Å². The van der Waals surface area contributed by atoms with Gasteiger partial charge >= 0.3 is 0 Å². The number of hydrogen-bond acceptors (Lipinski definition) is 1. The third-order valence-electron chi connectivity index (χ3n) is 5.20. The summed E-state index contributed by atoms with van der Waals surface area (Å²) in [6.45, 7) is 0. The molecule has 0 saturated carbocycles. The van der Waals surface area contributed by atoms with Crippen LogP contribution in [0.1, 0.15) is 0 Å². The smallest absolute Gasteiger partial charge is 0.161 e. The summed E-state index contributed by atoms with van der Waals surface area (Å²) in [6.07, 6.45) is 7.94. The van der Waals surface area contributed by atoms with Gasteiger partial charge < -0.3 is 9.67 Å². The molecule has 12 heteroatoms. The molecule has 0 aliphatic heterocycles. The molecule has 0 N–H and O–H groups in total. The van der Waals surface area contributed by atoms with Gasteiger partial charge in [-0.3, -0.25) is 35.7 Å². The first kappa shape index (κ1) is 31.1.